The fourth-order valence-corrected chi connectivity index (χ4v) is 1.89. The summed E-state index contributed by atoms with van der Waals surface area (Å²) in [6.07, 6.45) is 10.2. The van der Waals surface area contributed by atoms with Crippen LogP contribution >= 0.6 is 0 Å². The molecule has 5 heteroatoms. The molecule has 2 heterocycles. The van der Waals surface area contributed by atoms with Crippen molar-refractivity contribution in [3.63, 3.8) is 0 Å². The molecule has 0 unspecified atom stereocenters. The Morgan fingerprint density at radius 1 is 1.47 bits per heavy atom. The Morgan fingerprint density at radius 3 is 3.06 bits per heavy atom. The van der Waals surface area contributed by atoms with E-state index in [4.69, 9.17) is 0 Å². The van der Waals surface area contributed by atoms with E-state index in [-0.39, 0.29) is 0 Å². The largest absolute Gasteiger partial charge is 0.336 e. The predicted octanol–water partition coefficient (Wildman–Crippen LogP) is 0.917. The minimum Gasteiger partial charge on any atom is -0.336 e. The molecule has 0 atom stereocenters. The second kappa shape index (κ2) is 4.33. The van der Waals surface area contributed by atoms with Crippen molar-refractivity contribution < 1.29 is 0 Å². The summed E-state index contributed by atoms with van der Waals surface area (Å²) in [5, 5.41) is 3.49. The van der Waals surface area contributed by atoms with Gasteiger partial charge in [-0.25, -0.2) is 9.97 Å². The van der Waals surface area contributed by atoms with Gasteiger partial charge in [0, 0.05) is 31.7 Å². The van der Waals surface area contributed by atoms with E-state index in [0.29, 0.717) is 0 Å². The van der Waals surface area contributed by atoms with Gasteiger partial charge in [-0.2, -0.15) is 0 Å². The number of aromatic nitrogens is 4. The zero-order chi connectivity index (χ0) is 11.7. The molecule has 1 aliphatic carbocycles. The molecule has 1 N–H and O–H groups in total. The lowest BCUT2D eigenvalue weighted by molar-refractivity contribution is 0.608. The van der Waals surface area contributed by atoms with Gasteiger partial charge >= 0.3 is 0 Å². The first-order valence-electron chi connectivity index (χ1n) is 6.01. The molecule has 0 spiro atoms. The van der Waals surface area contributed by atoms with Gasteiger partial charge in [-0.3, -0.25) is 0 Å². The summed E-state index contributed by atoms with van der Waals surface area (Å²) in [6, 6.07) is 0.719. The summed E-state index contributed by atoms with van der Waals surface area (Å²) in [5.74, 6) is 1.10. The highest BCUT2D eigenvalue weighted by atomic mass is 15.1. The van der Waals surface area contributed by atoms with E-state index in [0.717, 1.165) is 25.0 Å². The molecule has 2 aromatic rings. The number of nitrogens with zero attached hydrogens (tertiary/aromatic N) is 4. The van der Waals surface area contributed by atoms with E-state index < -0.39 is 0 Å². The zero-order valence-corrected chi connectivity index (χ0v) is 10.0. The van der Waals surface area contributed by atoms with Crippen molar-refractivity contribution in [2.24, 2.45) is 7.05 Å². The van der Waals surface area contributed by atoms with Gasteiger partial charge in [0.1, 0.15) is 5.82 Å². The van der Waals surface area contributed by atoms with Crippen LogP contribution in [0.2, 0.25) is 0 Å². The molecule has 0 bridgehead atoms. The van der Waals surface area contributed by atoms with Crippen LogP contribution in [0.5, 0.6) is 0 Å². The first kappa shape index (κ1) is 10.5. The third-order valence-electron chi connectivity index (χ3n) is 3.18. The van der Waals surface area contributed by atoms with Crippen molar-refractivity contribution in [1.29, 1.82) is 0 Å². The summed E-state index contributed by atoms with van der Waals surface area (Å²) in [4.78, 5) is 8.53. The van der Waals surface area contributed by atoms with Crippen LogP contribution in [0.4, 0.5) is 0 Å². The van der Waals surface area contributed by atoms with E-state index >= 15 is 0 Å². The highest BCUT2D eigenvalue weighted by Gasteiger charge is 2.20. The zero-order valence-electron chi connectivity index (χ0n) is 10.0. The van der Waals surface area contributed by atoms with Crippen LogP contribution in [-0.4, -0.2) is 25.1 Å². The fraction of sp³-hybridized carbons (Fsp3) is 0.500. The lowest BCUT2D eigenvalue weighted by Gasteiger charge is -2.08. The molecule has 0 radical (unpaired) electrons. The molecule has 17 heavy (non-hydrogen) atoms. The Kier molecular flexibility index (Phi) is 2.68. The average Bonchev–Trinajstić information content (AvgIpc) is 2.92. The first-order valence-corrected chi connectivity index (χ1v) is 6.01. The van der Waals surface area contributed by atoms with Gasteiger partial charge in [0.25, 0.3) is 0 Å². The molecule has 90 valence electrons. The fourth-order valence-electron chi connectivity index (χ4n) is 1.89. The molecular formula is C12H17N5. The SMILES string of the molecule is Cn1cncc1Cn1ccnc1CNC1CC1. The highest BCUT2D eigenvalue weighted by molar-refractivity contribution is 5.03. The smallest absolute Gasteiger partial charge is 0.123 e. The molecule has 0 amide bonds. The van der Waals surface area contributed by atoms with Gasteiger partial charge in [0.15, 0.2) is 0 Å². The van der Waals surface area contributed by atoms with Crippen LogP contribution in [0.25, 0.3) is 0 Å². The van der Waals surface area contributed by atoms with Gasteiger partial charge in [0.05, 0.1) is 25.1 Å². The molecule has 1 aliphatic rings. The van der Waals surface area contributed by atoms with Crippen molar-refractivity contribution in [3.8, 4) is 0 Å². The number of aryl methyl sites for hydroxylation is 1. The maximum Gasteiger partial charge on any atom is 0.123 e. The van der Waals surface area contributed by atoms with Crippen LogP contribution in [0.3, 0.4) is 0 Å². The Hall–Kier alpha value is -1.62. The number of hydrogen-bond donors (Lipinski definition) is 1. The summed E-state index contributed by atoms with van der Waals surface area (Å²) in [6.45, 7) is 1.69. The van der Waals surface area contributed by atoms with E-state index in [1.54, 1.807) is 0 Å². The van der Waals surface area contributed by atoms with Crippen molar-refractivity contribution in [3.05, 3.63) is 36.4 Å². The van der Waals surface area contributed by atoms with Crippen LogP contribution < -0.4 is 5.32 Å². The monoisotopic (exact) mass is 231 g/mol. The van der Waals surface area contributed by atoms with Gasteiger partial charge in [-0.05, 0) is 12.8 Å². The number of nitrogens with one attached hydrogen (secondary N) is 1. The Morgan fingerprint density at radius 2 is 2.35 bits per heavy atom. The molecule has 1 fully saturated rings. The predicted molar refractivity (Wildman–Crippen MR) is 64.4 cm³/mol. The van der Waals surface area contributed by atoms with Crippen LogP contribution in [-0.2, 0) is 20.1 Å². The van der Waals surface area contributed by atoms with Gasteiger partial charge in [0.2, 0.25) is 0 Å². The van der Waals surface area contributed by atoms with Gasteiger partial charge in [-0.15, -0.1) is 0 Å². The van der Waals surface area contributed by atoms with E-state index in [9.17, 15) is 0 Å². The van der Waals surface area contributed by atoms with Crippen molar-refractivity contribution in [2.45, 2.75) is 32.0 Å². The molecule has 3 rings (SSSR count). The lowest BCUT2D eigenvalue weighted by Crippen LogP contribution is -2.19. The summed E-state index contributed by atoms with van der Waals surface area (Å²) >= 11 is 0. The van der Waals surface area contributed by atoms with Crippen molar-refractivity contribution in [2.75, 3.05) is 0 Å². The van der Waals surface area contributed by atoms with Crippen LogP contribution in [0.1, 0.15) is 24.4 Å². The highest BCUT2D eigenvalue weighted by Crippen LogP contribution is 2.19. The lowest BCUT2D eigenvalue weighted by atomic mass is 10.4. The maximum absolute atomic E-state index is 4.40. The number of rotatable bonds is 5. The quantitative estimate of drug-likeness (QED) is 0.832. The Bertz CT molecular complexity index is 494. The Labute approximate surface area is 100 Å². The topological polar surface area (TPSA) is 47.7 Å². The molecule has 5 nitrogen and oxygen atoms in total. The summed E-state index contributed by atoms with van der Waals surface area (Å²) < 4.78 is 4.21. The number of hydrogen-bond acceptors (Lipinski definition) is 3. The van der Waals surface area contributed by atoms with Crippen LogP contribution in [0, 0.1) is 0 Å². The summed E-state index contributed by atoms with van der Waals surface area (Å²) in [5.41, 5.74) is 1.19. The van der Waals surface area contributed by atoms with Crippen molar-refractivity contribution in [1.82, 2.24) is 24.4 Å². The summed E-state index contributed by atoms with van der Waals surface area (Å²) in [7, 11) is 2.02. The normalized spacial score (nSPS) is 15.4. The molecule has 0 aliphatic heterocycles. The van der Waals surface area contributed by atoms with Gasteiger partial charge in [-0.1, -0.05) is 0 Å². The molecule has 1 saturated carbocycles. The molecular weight excluding hydrogens is 214 g/mol. The molecule has 0 saturated heterocycles. The molecule has 0 aromatic carbocycles. The molecule has 2 aromatic heterocycles. The van der Waals surface area contributed by atoms with Crippen LogP contribution in [0.15, 0.2) is 24.9 Å². The standard InChI is InChI=1S/C12H17N5/c1-16-9-13-6-11(16)8-17-5-4-14-12(17)7-15-10-2-3-10/h4-6,9-10,15H,2-3,7-8H2,1H3. The number of imidazole rings is 2. The van der Waals surface area contributed by atoms with Gasteiger partial charge < -0.3 is 14.5 Å². The maximum atomic E-state index is 4.40. The Balaban J connectivity index is 1.69. The minimum atomic E-state index is 0.719. The second-order valence-corrected chi connectivity index (χ2v) is 4.62. The van der Waals surface area contributed by atoms with E-state index in [1.807, 2.05) is 36.5 Å². The van der Waals surface area contributed by atoms with Crippen molar-refractivity contribution >= 4 is 0 Å². The second-order valence-electron chi connectivity index (χ2n) is 4.62. The average molecular weight is 231 g/mol. The first-order chi connectivity index (χ1) is 8.33. The third kappa shape index (κ3) is 2.39. The third-order valence-corrected chi connectivity index (χ3v) is 3.18. The minimum absolute atomic E-state index is 0.719. The van der Waals surface area contributed by atoms with E-state index in [1.165, 1.54) is 18.5 Å². The van der Waals surface area contributed by atoms with E-state index in [2.05, 4.69) is 19.9 Å².